The van der Waals surface area contributed by atoms with Gasteiger partial charge in [0, 0.05) is 11.6 Å². The number of hydrogen-bond donors (Lipinski definition) is 1. The van der Waals surface area contributed by atoms with Crippen LogP contribution in [0.5, 0.6) is 0 Å². The molecule has 1 fully saturated rings. The maximum absolute atomic E-state index is 12.1. The first-order valence-corrected chi connectivity index (χ1v) is 6.91. The summed E-state index contributed by atoms with van der Waals surface area (Å²) in [5.74, 6) is -0.269. The minimum Gasteiger partial charge on any atom is -0.371 e. The maximum Gasteiger partial charge on any atom is 0.240 e. The molecule has 1 aliphatic rings. The summed E-state index contributed by atoms with van der Waals surface area (Å²) in [5, 5.41) is 12.6. The second-order valence-electron chi connectivity index (χ2n) is 5.45. The number of ether oxygens (including phenoxy) is 1. The van der Waals surface area contributed by atoms with Crippen molar-refractivity contribution in [1.82, 2.24) is 5.32 Å². The summed E-state index contributed by atoms with van der Waals surface area (Å²) in [6, 6.07) is 9.29. The Morgan fingerprint density at radius 3 is 2.70 bits per heavy atom. The lowest BCUT2D eigenvalue weighted by molar-refractivity contribution is -0.128. The van der Waals surface area contributed by atoms with E-state index in [9.17, 15) is 4.79 Å². The number of carbonyl (C=O) groups is 1. The Balaban J connectivity index is 2.10. The summed E-state index contributed by atoms with van der Waals surface area (Å²) in [6.45, 7) is 3.80. The highest BCUT2D eigenvalue weighted by Gasteiger charge is 2.35. The van der Waals surface area contributed by atoms with Crippen LogP contribution in [0.1, 0.15) is 31.9 Å². The van der Waals surface area contributed by atoms with Crippen LogP contribution >= 0.6 is 11.6 Å². The van der Waals surface area contributed by atoms with E-state index in [0.29, 0.717) is 11.6 Å². The minimum absolute atomic E-state index is 0.115. The fourth-order valence-corrected chi connectivity index (χ4v) is 2.24. The van der Waals surface area contributed by atoms with Crippen molar-refractivity contribution in [2.24, 2.45) is 5.41 Å². The van der Waals surface area contributed by atoms with Gasteiger partial charge in [-0.15, -0.1) is 0 Å². The summed E-state index contributed by atoms with van der Waals surface area (Å²) < 4.78 is 5.70. The molecule has 4 nitrogen and oxygen atoms in total. The lowest BCUT2D eigenvalue weighted by atomic mass is 9.93. The summed E-state index contributed by atoms with van der Waals surface area (Å²) in [4.78, 5) is 12.1. The molecule has 1 saturated heterocycles. The number of amides is 1. The van der Waals surface area contributed by atoms with Crippen LogP contribution in [0.3, 0.4) is 0 Å². The van der Waals surface area contributed by atoms with E-state index in [2.05, 4.69) is 5.32 Å². The highest BCUT2D eigenvalue weighted by atomic mass is 35.5. The van der Waals surface area contributed by atoms with Gasteiger partial charge >= 0.3 is 0 Å². The van der Waals surface area contributed by atoms with E-state index in [4.69, 9.17) is 21.6 Å². The number of hydrogen-bond acceptors (Lipinski definition) is 3. The molecule has 0 saturated carbocycles. The quantitative estimate of drug-likeness (QED) is 0.932. The number of rotatable bonds is 3. The Bertz CT molecular complexity index is 534. The molecule has 0 bridgehead atoms. The Kier molecular flexibility index (Phi) is 4.32. The van der Waals surface area contributed by atoms with Crippen LogP contribution in [0.25, 0.3) is 0 Å². The third-order valence-electron chi connectivity index (χ3n) is 3.45. The van der Waals surface area contributed by atoms with E-state index < -0.39 is 5.41 Å². The van der Waals surface area contributed by atoms with Gasteiger partial charge in [-0.05, 0) is 38.0 Å². The van der Waals surface area contributed by atoms with Crippen molar-refractivity contribution in [1.29, 1.82) is 5.26 Å². The van der Waals surface area contributed by atoms with Gasteiger partial charge < -0.3 is 10.1 Å². The molecule has 1 aromatic rings. The smallest absolute Gasteiger partial charge is 0.240 e. The summed E-state index contributed by atoms with van der Waals surface area (Å²) in [5.41, 5.74) is -0.0559. The van der Waals surface area contributed by atoms with Gasteiger partial charge in [0.05, 0.1) is 12.1 Å². The van der Waals surface area contributed by atoms with Crippen LogP contribution in [-0.4, -0.2) is 18.6 Å². The van der Waals surface area contributed by atoms with Gasteiger partial charge in [-0.25, -0.2) is 0 Å². The fraction of sp³-hybridized carbons (Fsp3) is 0.467. The average molecular weight is 293 g/mol. The standard InChI is InChI=1S/C15H17ClN2O2/c1-15(2,9-17)14(19)18-12-7-8-20-13(12)10-3-5-11(16)6-4-10/h3-6,12-13H,7-8H2,1-2H3,(H,18,19). The molecule has 0 spiro atoms. The predicted octanol–water partition coefficient (Wildman–Crippen LogP) is 2.84. The van der Waals surface area contributed by atoms with Crippen molar-refractivity contribution in [2.75, 3.05) is 6.61 Å². The number of benzene rings is 1. The number of nitrogens with zero attached hydrogens (tertiary/aromatic N) is 1. The third-order valence-corrected chi connectivity index (χ3v) is 3.71. The van der Waals surface area contributed by atoms with Crippen molar-refractivity contribution in [3.63, 3.8) is 0 Å². The van der Waals surface area contributed by atoms with Crippen molar-refractivity contribution >= 4 is 17.5 Å². The molecule has 20 heavy (non-hydrogen) atoms. The molecule has 106 valence electrons. The predicted molar refractivity (Wildman–Crippen MR) is 76.1 cm³/mol. The monoisotopic (exact) mass is 292 g/mol. The molecule has 2 unspecified atom stereocenters. The molecule has 1 heterocycles. The minimum atomic E-state index is -1.03. The van der Waals surface area contributed by atoms with E-state index in [1.54, 1.807) is 26.0 Å². The molecule has 0 aliphatic carbocycles. The number of halogens is 1. The summed E-state index contributed by atoms with van der Waals surface area (Å²) >= 11 is 5.87. The lowest BCUT2D eigenvalue weighted by Crippen LogP contribution is -2.43. The number of carbonyl (C=O) groups excluding carboxylic acids is 1. The molecule has 2 atom stereocenters. The van der Waals surface area contributed by atoms with E-state index in [1.165, 1.54) is 0 Å². The fourth-order valence-electron chi connectivity index (χ4n) is 2.12. The second kappa shape index (κ2) is 5.82. The molecule has 0 aromatic heterocycles. The molecule has 1 aromatic carbocycles. The van der Waals surface area contributed by atoms with Crippen LogP contribution in [0, 0.1) is 16.7 Å². The van der Waals surface area contributed by atoms with Crippen molar-refractivity contribution in [3.05, 3.63) is 34.9 Å². The topological polar surface area (TPSA) is 62.1 Å². The maximum atomic E-state index is 12.1. The van der Waals surface area contributed by atoms with Crippen LogP contribution in [0.15, 0.2) is 24.3 Å². The molecular formula is C15H17ClN2O2. The van der Waals surface area contributed by atoms with E-state index in [0.717, 1.165) is 12.0 Å². The van der Waals surface area contributed by atoms with E-state index in [1.807, 2.05) is 18.2 Å². The largest absolute Gasteiger partial charge is 0.371 e. The molecule has 1 aliphatic heterocycles. The van der Waals surface area contributed by atoms with Gasteiger partial charge in [0.2, 0.25) is 5.91 Å². The van der Waals surface area contributed by atoms with Crippen molar-refractivity contribution in [2.45, 2.75) is 32.4 Å². The molecule has 5 heteroatoms. The first-order chi connectivity index (χ1) is 9.44. The molecule has 1 amide bonds. The molecule has 2 rings (SSSR count). The summed E-state index contributed by atoms with van der Waals surface area (Å²) in [7, 11) is 0. The van der Waals surface area contributed by atoms with Crippen LogP contribution in [0.4, 0.5) is 0 Å². The van der Waals surface area contributed by atoms with Crippen molar-refractivity contribution < 1.29 is 9.53 Å². The number of nitrogens with one attached hydrogen (secondary N) is 1. The highest BCUT2D eigenvalue weighted by Crippen LogP contribution is 2.30. The second-order valence-corrected chi connectivity index (χ2v) is 5.88. The molecular weight excluding hydrogens is 276 g/mol. The van der Waals surface area contributed by atoms with E-state index >= 15 is 0 Å². The normalized spacial score (nSPS) is 22.3. The zero-order valence-electron chi connectivity index (χ0n) is 11.5. The van der Waals surface area contributed by atoms with Gasteiger partial charge in [-0.1, -0.05) is 23.7 Å². The SMILES string of the molecule is CC(C)(C#N)C(=O)NC1CCOC1c1ccc(Cl)cc1. The van der Waals surface area contributed by atoms with Gasteiger partial charge in [0.25, 0.3) is 0 Å². The van der Waals surface area contributed by atoms with E-state index in [-0.39, 0.29) is 18.1 Å². The van der Waals surface area contributed by atoms with Crippen LogP contribution in [0.2, 0.25) is 5.02 Å². The summed E-state index contributed by atoms with van der Waals surface area (Å²) in [6.07, 6.45) is 0.547. The Hall–Kier alpha value is -1.57. The Labute approximate surface area is 123 Å². The third kappa shape index (κ3) is 3.12. The van der Waals surface area contributed by atoms with Gasteiger partial charge in [-0.3, -0.25) is 4.79 Å². The van der Waals surface area contributed by atoms with Crippen LogP contribution < -0.4 is 5.32 Å². The van der Waals surface area contributed by atoms with Gasteiger partial charge in [0.15, 0.2) is 0 Å². The molecule has 0 radical (unpaired) electrons. The average Bonchev–Trinajstić information content (AvgIpc) is 2.87. The lowest BCUT2D eigenvalue weighted by Gasteiger charge is -2.23. The first-order valence-electron chi connectivity index (χ1n) is 6.53. The zero-order valence-corrected chi connectivity index (χ0v) is 12.3. The first kappa shape index (κ1) is 14.8. The Morgan fingerprint density at radius 2 is 2.10 bits per heavy atom. The van der Waals surface area contributed by atoms with Crippen molar-refractivity contribution in [3.8, 4) is 6.07 Å². The zero-order chi connectivity index (χ0) is 14.8. The number of nitriles is 1. The molecule has 1 N–H and O–H groups in total. The Morgan fingerprint density at radius 1 is 1.45 bits per heavy atom. The van der Waals surface area contributed by atoms with Crippen LogP contribution in [-0.2, 0) is 9.53 Å². The highest BCUT2D eigenvalue weighted by molar-refractivity contribution is 6.30. The van der Waals surface area contributed by atoms with Gasteiger partial charge in [0.1, 0.15) is 11.5 Å². The van der Waals surface area contributed by atoms with Gasteiger partial charge in [-0.2, -0.15) is 5.26 Å².